The molecule has 102 valence electrons. The van der Waals surface area contributed by atoms with Gasteiger partial charge in [-0.15, -0.1) is 0 Å². The van der Waals surface area contributed by atoms with Crippen LogP contribution >= 0.6 is 0 Å². The number of aromatic nitrogens is 1. The third-order valence-electron chi connectivity index (χ3n) is 4.01. The molecule has 1 aliphatic heterocycles. The Kier molecular flexibility index (Phi) is 2.71. The first-order valence-corrected chi connectivity index (χ1v) is 7.07. The average Bonchev–Trinajstić information content (AvgIpc) is 3.01. The van der Waals surface area contributed by atoms with E-state index in [0.29, 0.717) is 5.56 Å². The summed E-state index contributed by atoms with van der Waals surface area (Å²) in [6, 6.07) is 13.6. The summed E-state index contributed by atoms with van der Waals surface area (Å²) < 4.78 is 0. The van der Waals surface area contributed by atoms with E-state index in [1.165, 1.54) is 5.56 Å². The summed E-state index contributed by atoms with van der Waals surface area (Å²) >= 11 is 0. The van der Waals surface area contributed by atoms with Crippen molar-refractivity contribution in [2.24, 2.45) is 0 Å². The Hall–Kier alpha value is -2.68. The fraction of sp³-hybridized carbons (Fsp3) is 0.111. The highest BCUT2D eigenvalue weighted by Gasteiger charge is 2.16. The van der Waals surface area contributed by atoms with Crippen molar-refractivity contribution < 1.29 is 4.79 Å². The number of nitrogens with zero attached hydrogens (tertiary/aromatic N) is 1. The van der Waals surface area contributed by atoms with Gasteiger partial charge in [0.1, 0.15) is 0 Å². The fourth-order valence-corrected chi connectivity index (χ4v) is 2.91. The molecule has 1 aromatic heterocycles. The first-order chi connectivity index (χ1) is 10.3. The van der Waals surface area contributed by atoms with Crippen molar-refractivity contribution in [1.29, 1.82) is 0 Å². The topological polar surface area (TPSA) is 42.0 Å². The highest BCUT2D eigenvalue weighted by atomic mass is 16.1. The standard InChI is InChI=1S/C18H14N2O/c21-18(14-4-5-17-13(10-14)7-9-20-17)15-3-1-2-12-6-8-19-11-16(12)15/h1-6,8,10-11,20H,7,9H2. The largest absolute Gasteiger partial charge is 0.384 e. The van der Waals surface area contributed by atoms with Gasteiger partial charge in [-0.25, -0.2) is 0 Å². The second kappa shape index (κ2) is 4.70. The zero-order valence-electron chi connectivity index (χ0n) is 11.5. The van der Waals surface area contributed by atoms with Gasteiger partial charge in [-0.1, -0.05) is 18.2 Å². The third kappa shape index (κ3) is 1.98. The Morgan fingerprint density at radius 3 is 3.05 bits per heavy atom. The first-order valence-electron chi connectivity index (χ1n) is 7.07. The van der Waals surface area contributed by atoms with Crippen LogP contribution in [0.1, 0.15) is 21.5 Å². The van der Waals surface area contributed by atoms with E-state index in [1.807, 2.05) is 42.5 Å². The Bertz CT molecular complexity index is 849. The van der Waals surface area contributed by atoms with Gasteiger partial charge >= 0.3 is 0 Å². The van der Waals surface area contributed by atoms with Crippen molar-refractivity contribution in [1.82, 2.24) is 4.98 Å². The minimum atomic E-state index is 0.0586. The number of anilines is 1. The van der Waals surface area contributed by atoms with Gasteiger partial charge in [-0.3, -0.25) is 9.78 Å². The van der Waals surface area contributed by atoms with Crippen molar-refractivity contribution in [3.8, 4) is 0 Å². The van der Waals surface area contributed by atoms with Crippen LogP contribution in [-0.2, 0) is 6.42 Å². The van der Waals surface area contributed by atoms with Crippen molar-refractivity contribution in [2.75, 3.05) is 11.9 Å². The van der Waals surface area contributed by atoms with Crippen LogP contribution < -0.4 is 5.32 Å². The minimum Gasteiger partial charge on any atom is -0.384 e. The smallest absolute Gasteiger partial charge is 0.193 e. The monoisotopic (exact) mass is 274 g/mol. The van der Waals surface area contributed by atoms with Gasteiger partial charge in [0.15, 0.2) is 5.78 Å². The normalized spacial score (nSPS) is 13.0. The Labute approximate surface area is 122 Å². The molecule has 0 aliphatic carbocycles. The summed E-state index contributed by atoms with van der Waals surface area (Å²) in [5, 5.41) is 5.26. The second-order valence-corrected chi connectivity index (χ2v) is 5.28. The van der Waals surface area contributed by atoms with Crippen LogP contribution in [0.3, 0.4) is 0 Å². The van der Waals surface area contributed by atoms with Gasteiger partial charge in [-0.2, -0.15) is 0 Å². The first kappa shape index (κ1) is 12.1. The summed E-state index contributed by atoms with van der Waals surface area (Å²) in [5.41, 5.74) is 3.82. The maximum absolute atomic E-state index is 12.8. The maximum Gasteiger partial charge on any atom is 0.193 e. The Morgan fingerprint density at radius 1 is 1.14 bits per heavy atom. The van der Waals surface area contributed by atoms with Gasteiger partial charge in [0.05, 0.1) is 0 Å². The number of nitrogens with one attached hydrogen (secondary N) is 1. The van der Waals surface area contributed by atoms with E-state index in [0.717, 1.165) is 35.0 Å². The molecule has 1 N–H and O–H groups in total. The molecule has 0 fully saturated rings. The third-order valence-corrected chi connectivity index (χ3v) is 4.01. The number of benzene rings is 2. The number of hydrogen-bond donors (Lipinski definition) is 1. The molecular weight excluding hydrogens is 260 g/mol. The van der Waals surface area contributed by atoms with Crippen molar-refractivity contribution in [3.05, 3.63) is 71.5 Å². The molecule has 1 aliphatic rings. The molecule has 0 radical (unpaired) electrons. The van der Waals surface area contributed by atoms with Crippen LogP contribution in [0.2, 0.25) is 0 Å². The SMILES string of the molecule is O=C(c1ccc2c(c1)CCN2)c1cccc2ccncc12. The van der Waals surface area contributed by atoms with E-state index in [9.17, 15) is 4.79 Å². The lowest BCUT2D eigenvalue weighted by molar-refractivity contribution is 0.104. The molecule has 21 heavy (non-hydrogen) atoms. The van der Waals surface area contributed by atoms with Crippen molar-refractivity contribution in [2.45, 2.75) is 6.42 Å². The summed E-state index contributed by atoms with van der Waals surface area (Å²) in [6.07, 6.45) is 4.49. The molecule has 0 saturated carbocycles. The van der Waals surface area contributed by atoms with Crippen molar-refractivity contribution >= 4 is 22.2 Å². The van der Waals surface area contributed by atoms with Crippen LogP contribution in [0.4, 0.5) is 5.69 Å². The quantitative estimate of drug-likeness (QED) is 0.728. The van der Waals surface area contributed by atoms with E-state index in [1.54, 1.807) is 12.4 Å². The zero-order chi connectivity index (χ0) is 14.2. The molecule has 0 unspecified atom stereocenters. The molecule has 3 aromatic rings. The Balaban J connectivity index is 1.83. The molecule has 0 saturated heterocycles. The summed E-state index contributed by atoms with van der Waals surface area (Å²) in [6.45, 7) is 0.950. The van der Waals surface area contributed by atoms with Crippen LogP contribution in [0, 0.1) is 0 Å². The molecule has 2 heterocycles. The number of pyridine rings is 1. The van der Waals surface area contributed by atoms with Crippen LogP contribution in [0.25, 0.3) is 10.8 Å². The van der Waals surface area contributed by atoms with E-state index >= 15 is 0 Å². The molecule has 4 rings (SSSR count). The highest BCUT2D eigenvalue weighted by molar-refractivity contribution is 6.16. The maximum atomic E-state index is 12.8. The number of hydrogen-bond acceptors (Lipinski definition) is 3. The van der Waals surface area contributed by atoms with E-state index in [-0.39, 0.29) is 5.78 Å². The average molecular weight is 274 g/mol. The van der Waals surface area contributed by atoms with Crippen molar-refractivity contribution in [3.63, 3.8) is 0 Å². The molecule has 2 aromatic carbocycles. The predicted molar refractivity (Wildman–Crippen MR) is 83.8 cm³/mol. The van der Waals surface area contributed by atoms with E-state index in [2.05, 4.69) is 10.3 Å². The molecule has 0 bridgehead atoms. The van der Waals surface area contributed by atoms with Gasteiger partial charge in [-0.05, 0) is 41.6 Å². The highest BCUT2D eigenvalue weighted by Crippen LogP contribution is 2.26. The van der Waals surface area contributed by atoms with E-state index < -0.39 is 0 Å². The molecule has 0 atom stereocenters. The number of carbonyl (C=O) groups is 1. The lowest BCUT2D eigenvalue weighted by atomic mass is 9.97. The van der Waals surface area contributed by atoms with Crippen LogP contribution in [0.5, 0.6) is 0 Å². The number of rotatable bonds is 2. The lowest BCUT2D eigenvalue weighted by Gasteiger charge is -2.07. The van der Waals surface area contributed by atoms with Gasteiger partial charge in [0.25, 0.3) is 0 Å². The van der Waals surface area contributed by atoms with Gasteiger partial charge in [0.2, 0.25) is 0 Å². The van der Waals surface area contributed by atoms with Crippen LogP contribution in [-0.4, -0.2) is 17.3 Å². The zero-order valence-corrected chi connectivity index (χ0v) is 11.5. The molecule has 0 spiro atoms. The van der Waals surface area contributed by atoms with Gasteiger partial charge < -0.3 is 5.32 Å². The number of carbonyl (C=O) groups excluding carboxylic acids is 1. The van der Waals surface area contributed by atoms with E-state index in [4.69, 9.17) is 0 Å². The van der Waals surface area contributed by atoms with Gasteiger partial charge in [0, 0.05) is 41.1 Å². The second-order valence-electron chi connectivity index (χ2n) is 5.28. The summed E-state index contributed by atoms with van der Waals surface area (Å²) in [5.74, 6) is 0.0586. The minimum absolute atomic E-state index is 0.0586. The predicted octanol–water partition coefficient (Wildman–Crippen LogP) is 3.43. The summed E-state index contributed by atoms with van der Waals surface area (Å²) in [7, 11) is 0. The Morgan fingerprint density at radius 2 is 2.10 bits per heavy atom. The number of ketones is 1. The molecular formula is C18H14N2O. The summed E-state index contributed by atoms with van der Waals surface area (Å²) in [4.78, 5) is 17.0. The fourth-order valence-electron chi connectivity index (χ4n) is 2.91. The van der Waals surface area contributed by atoms with Crippen LogP contribution in [0.15, 0.2) is 54.9 Å². The molecule has 0 amide bonds. The molecule has 3 heteroatoms. The lowest BCUT2D eigenvalue weighted by Crippen LogP contribution is -2.03. The number of fused-ring (bicyclic) bond motifs is 2. The molecule has 3 nitrogen and oxygen atoms in total.